The smallest absolute Gasteiger partial charge is 0.467 e. The van der Waals surface area contributed by atoms with Gasteiger partial charge in [-0.15, -0.1) is 13.2 Å². The number of aryl methyl sites for hydroxylation is 1. The second-order valence-corrected chi connectivity index (χ2v) is 8.25. The SMILES string of the molecule is CN(Cc1ccco1)C(=O)CN1CC2C(CCc3cccc(OC(F)(F)F)c3)C2C1. The number of ether oxygens (including phenoxy) is 1. The van der Waals surface area contributed by atoms with Crippen molar-refractivity contribution < 1.29 is 27.1 Å². The van der Waals surface area contributed by atoms with Gasteiger partial charge >= 0.3 is 6.36 Å². The summed E-state index contributed by atoms with van der Waals surface area (Å²) in [4.78, 5) is 16.3. The fraction of sp³-hybridized carbons (Fsp3) is 0.500. The number of carbonyl (C=O) groups excluding carboxylic acids is 1. The molecular formula is C22H25F3N2O3. The summed E-state index contributed by atoms with van der Waals surface area (Å²) in [5.74, 6) is 2.43. The summed E-state index contributed by atoms with van der Waals surface area (Å²) in [7, 11) is 1.78. The third-order valence-corrected chi connectivity index (χ3v) is 6.10. The number of rotatable bonds is 8. The zero-order valence-corrected chi connectivity index (χ0v) is 16.8. The Hall–Kier alpha value is -2.48. The average molecular weight is 422 g/mol. The Bertz CT molecular complexity index is 857. The summed E-state index contributed by atoms with van der Waals surface area (Å²) in [6, 6.07) is 9.87. The molecule has 0 spiro atoms. The minimum absolute atomic E-state index is 0.0747. The summed E-state index contributed by atoms with van der Waals surface area (Å²) in [6.45, 7) is 2.69. The molecule has 0 N–H and O–H groups in total. The average Bonchev–Trinajstić information content (AvgIpc) is 3.05. The normalized spacial score (nSPS) is 23.3. The third-order valence-electron chi connectivity index (χ3n) is 6.10. The lowest BCUT2D eigenvalue weighted by molar-refractivity contribution is -0.274. The zero-order chi connectivity index (χ0) is 21.3. The van der Waals surface area contributed by atoms with Crippen molar-refractivity contribution in [1.29, 1.82) is 0 Å². The van der Waals surface area contributed by atoms with Crippen molar-refractivity contribution in [3.8, 4) is 5.75 Å². The predicted octanol–water partition coefficient (Wildman–Crippen LogP) is 3.95. The van der Waals surface area contributed by atoms with Crippen LogP contribution in [0.1, 0.15) is 17.7 Å². The standard InChI is InChI=1S/C22H25F3N2O3/c1-26(11-17-6-3-9-29-17)21(28)14-27-12-19-18(20(19)13-27)8-7-15-4-2-5-16(10-15)30-22(23,24)25/h2-6,9-10,18-20H,7-8,11-14H2,1H3. The highest BCUT2D eigenvalue weighted by Crippen LogP contribution is 2.53. The molecule has 1 saturated carbocycles. The third kappa shape index (κ3) is 5.16. The molecule has 0 radical (unpaired) electrons. The molecule has 1 aliphatic carbocycles. The van der Waals surface area contributed by atoms with Crippen molar-refractivity contribution in [3.63, 3.8) is 0 Å². The van der Waals surface area contributed by atoms with E-state index in [2.05, 4.69) is 9.64 Å². The molecule has 2 aliphatic rings. The van der Waals surface area contributed by atoms with E-state index in [1.54, 1.807) is 30.3 Å². The van der Waals surface area contributed by atoms with E-state index < -0.39 is 6.36 Å². The van der Waals surface area contributed by atoms with Crippen LogP contribution >= 0.6 is 0 Å². The first-order valence-electron chi connectivity index (χ1n) is 10.1. The minimum Gasteiger partial charge on any atom is -0.467 e. The molecule has 162 valence electrons. The van der Waals surface area contributed by atoms with Gasteiger partial charge in [-0.25, -0.2) is 0 Å². The molecule has 2 unspecified atom stereocenters. The van der Waals surface area contributed by atoms with Crippen LogP contribution in [-0.4, -0.2) is 48.8 Å². The van der Waals surface area contributed by atoms with Crippen LogP contribution in [0.2, 0.25) is 0 Å². The van der Waals surface area contributed by atoms with Crippen LogP contribution in [0, 0.1) is 17.8 Å². The van der Waals surface area contributed by atoms with E-state index >= 15 is 0 Å². The molecule has 2 aromatic rings. The Morgan fingerprint density at radius 1 is 1.23 bits per heavy atom. The lowest BCUT2D eigenvalue weighted by Gasteiger charge is -2.22. The molecular weight excluding hydrogens is 397 g/mol. The van der Waals surface area contributed by atoms with Crippen molar-refractivity contribution in [2.75, 3.05) is 26.7 Å². The highest BCUT2D eigenvalue weighted by molar-refractivity contribution is 5.78. The maximum atomic E-state index is 12.4. The first kappa shape index (κ1) is 20.8. The zero-order valence-electron chi connectivity index (χ0n) is 16.8. The number of benzene rings is 1. The summed E-state index contributed by atoms with van der Waals surface area (Å²) in [5.41, 5.74) is 0.855. The van der Waals surface area contributed by atoms with E-state index in [-0.39, 0.29) is 11.7 Å². The maximum Gasteiger partial charge on any atom is 0.573 e. The van der Waals surface area contributed by atoms with Crippen molar-refractivity contribution in [1.82, 2.24) is 9.80 Å². The van der Waals surface area contributed by atoms with Gasteiger partial charge in [0.05, 0.1) is 19.4 Å². The Morgan fingerprint density at radius 2 is 2.00 bits per heavy atom. The lowest BCUT2D eigenvalue weighted by Crippen LogP contribution is -2.38. The maximum absolute atomic E-state index is 12.4. The number of piperidine rings is 1. The summed E-state index contributed by atoms with van der Waals surface area (Å²) in [5, 5.41) is 0. The molecule has 1 amide bonds. The highest BCUT2D eigenvalue weighted by Gasteiger charge is 2.54. The van der Waals surface area contributed by atoms with Gasteiger partial charge in [0.15, 0.2) is 0 Å². The number of halogens is 3. The van der Waals surface area contributed by atoms with Crippen LogP contribution in [0.3, 0.4) is 0 Å². The Morgan fingerprint density at radius 3 is 2.67 bits per heavy atom. The second-order valence-electron chi connectivity index (χ2n) is 8.25. The van der Waals surface area contributed by atoms with Gasteiger partial charge in [0.2, 0.25) is 5.91 Å². The number of hydrogen-bond acceptors (Lipinski definition) is 4. The summed E-state index contributed by atoms with van der Waals surface area (Å²) < 4.78 is 46.4. The number of hydrogen-bond donors (Lipinski definition) is 0. The Labute approximate surface area is 173 Å². The quantitative estimate of drug-likeness (QED) is 0.646. The van der Waals surface area contributed by atoms with Gasteiger partial charge in [0.25, 0.3) is 0 Å². The molecule has 8 heteroatoms. The van der Waals surface area contributed by atoms with Crippen LogP contribution in [-0.2, 0) is 17.8 Å². The number of amides is 1. The summed E-state index contributed by atoms with van der Waals surface area (Å²) in [6.07, 6.45) is -1.39. The van der Waals surface area contributed by atoms with Crippen LogP contribution in [0.15, 0.2) is 47.1 Å². The molecule has 0 bridgehead atoms. The number of furan rings is 1. The lowest BCUT2D eigenvalue weighted by atomic mass is 10.0. The predicted molar refractivity (Wildman–Crippen MR) is 104 cm³/mol. The van der Waals surface area contributed by atoms with E-state index in [1.807, 2.05) is 12.1 Å². The number of alkyl halides is 3. The van der Waals surface area contributed by atoms with Crippen molar-refractivity contribution in [2.24, 2.45) is 17.8 Å². The number of carbonyl (C=O) groups is 1. The molecule has 2 fully saturated rings. The molecule has 2 heterocycles. The monoisotopic (exact) mass is 422 g/mol. The Kier molecular flexibility index (Phi) is 5.77. The fourth-order valence-electron chi connectivity index (χ4n) is 4.56. The second kappa shape index (κ2) is 8.34. The van der Waals surface area contributed by atoms with Gasteiger partial charge in [0.1, 0.15) is 11.5 Å². The first-order chi connectivity index (χ1) is 14.3. The Balaban J connectivity index is 1.19. The van der Waals surface area contributed by atoms with Gasteiger partial charge < -0.3 is 14.1 Å². The van der Waals surface area contributed by atoms with Gasteiger partial charge in [0, 0.05) is 20.1 Å². The topological polar surface area (TPSA) is 45.9 Å². The van der Waals surface area contributed by atoms with E-state index in [0.717, 1.165) is 37.3 Å². The molecule has 1 saturated heterocycles. The molecule has 4 rings (SSSR count). The minimum atomic E-state index is -4.67. The number of likely N-dealkylation sites (N-methyl/N-ethyl adjacent to an activating group) is 1. The van der Waals surface area contributed by atoms with Crippen molar-refractivity contribution >= 4 is 5.91 Å². The largest absolute Gasteiger partial charge is 0.573 e. The van der Waals surface area contributed by atoms with Gasteiger partial charge in [-0.3, -0.25) is 9.69 Å². The van der Waals surface area contributed by atoms with E-state index in [4.69, 9.17) is 4.42 Å². The van der Waals surface area contributed by atoms with Gasteiger partial charge in [-0.1, -0.05) is 12.1 Å². The van der Waals surface area contributed by atoms with Crippen molar-refractivity contribution in [3.05, 3.63) is 54.0 Å². The fourth-order valence-corrected chi connectivity index (χ4v) is 4.56. The first-order valence-corrected chi connectivity index (χ1v) is 10.1. The molecule has 2 atom stereocenters. The molecule has 30 heavy (non-hydrogen) atoms. The number of nitrogens with zero attached hydrogens (tertiary/aromatic N) is 2. The highest BCUT2D eigenvalue weighted by atomic mass is 19.4. The van der Waals surface area contributed by atoms with Crippen molar-refractivity contribution in [2.45, 2.75) is 25.7 Å². The van der Waals surface area contributed by atoms with Gasteiger partial charge in [-0.2, -0.15) is 0 Å². The van der Waals surface area contributed by atoms with Crippen LogP contribution in [0.4, 0.5) is 13.2 Å². The van der Waals surface area contributed by atoms with Crippen LogP contribution in [0.5, 0.6) is 5.75 Å². The number of fused-ring (bicyclic) bond motifs is 1. The van der Waals surface area contributed by atoms with Crippen LogP contribution < -0.4 is 4.74 Å². The van der Waals surface area contributed by atoms with E-state index in [1.165, 1.54) is 12.1 Å². The molecule has 1 aromatic heterocycles. The van der Waals surface area contributed by atoms with E-state index in [9.17, 15) is 18.0 Å². The van der Waals surface area contributed by atoms with E-state index in [0.29, 0.717) is 30.8 Å². The van der Waals surface area contributed by atoms with Gasteiger partial charge in [-0.05, 0) is 60.4 Å². The number of likely N-dealkylation sites (tertiary alicyclic amines) is 1. The molecule has 1 aromatic carbocycles. The summed E-state index contributed by atoms with van der Waals surface area (Å²) >= 11 is 0. The molecule has 1 aliphatic heterocycles. The van der Waals surface area contributed by atoms with Crippen LogP contribution in [0.25, 0.3) is 0 Å². The molecule has 5 nitrogen and oxygen atoms in total.